The Bertz CT molecular complexity index is 1270. The molecule has 3 N–H and O–H groups in total. The molecule has 39 heavy (non-hydrogen) atoms. The van der Waals surface area contributed by atoms with Crippen LogP contribution in [0.3, 0.4) is 0 Å². The molecule has 0 fully saturated rings. The summed E-state index contributed by atoms with van der Waals surface area (Å²) in [5, 5.41) is 22.5. The second kappa shape index (κ2) is 13.0. The Morgan fingerprint density at radius 3 is 2.59 bits per heavy atom. The van der Waals surface area contributed by atoms with E-state index in [2.05, 4.69) is 11.4 Å². The number of benzene rings is 1. The van der Waals surface area contributed by atoms with Gasteiger partial charge in [0.1, 0.15) is 19.0 Å². The van der Waals surface area contributed by atoms with E-state index < -0.39 is 30.5 Å². The predicted octanol–water partition coefficient (Wildman–Crippen LogP) is 3.96. The van der Waals surface area contributed by atoms with Gasteiger partial charge in [0, 0.05) is 30.7 Å². The Kier molecular flexibility index (Phi) is 10.1. The number of hydrogen-bond donors (Lipinski definition) is 3. The van der Waals surface area contributed by atoms with Gasteiger partial charge in [-0.1, -0.05) is 39.0 Å². The number of amides is 1. The molecular weight excluding hydrogens is 498 g/mol. The maximum absolute atomic E-state index is 13.7. The standard InChI is InChI=1S/C31H39NO7/c1-7-8-22-19(4)12-25-27(16-39-31(37)30(25)38-6)29(36)20(5)18(3)11-24(22)26(14-32-28(35)15-33)23-13-21(34)10-9-17(23)2/h8-10,12-13,18,20,30,33-34H,7,11,14-16H2,1-6H3,(H,32,35)/b19-12+,22-8+,26-24-. The monoisotopic (exact) mass is 537 g/mol. The van der Waals surface area contributed by atoms with Crippen LogP contribution in [-0.2, 0) is 23.9 Å². The van der Waals surface area contributed by atoms with Crippen LogP contribution in [0.25, 0.3) is 5.57 Å². The zero-order valence-corrected chi connectivity index (χ0v) is 23.6. The molecule has 1 aromatic carbocycles. The quantitative estimate of drug-likeness (QED) is 0.470. The first kappa shape index (κ1) is 30.1. The van der Waals surface area contributed by atoms with Gasteiger partial charge in [-0.3, -0.25) is 9.59 Å². The van der Waals surface area contributed by atoms with Gasteiger partial charge in [0.25, 0.3) is 0 Å². The zero-order valence-electron chi connectivity index (χ0n) is 23.6. The van der Waals surface area contributed by atoms with Gasteiger partial charge in [-0.15, -0.1) is 0 Å². The van der Waals surface area contributed by atoms with E-state index in [1.807, 2.05) is 46.8 Å². The van der Waals surface area contributed by atoms with Crippen molar-refractivity contribution in [3.8, 4) is 5.75 Å². The first-order valence-electron chi connectivity index (χ1n) is 13.3. The van der Waals surface area contributed by atoms with Crippen molar-refractivity contribution < 1.29 is 34.1 Å². The molecule has 1 amide bonds. The van der Waals surface area contributed by atoms with Crippen LogP contribution in [0, 0.1) is 18.8 Å². The lowest BCUT2D eigenvalue weighted by Crippen LogP contribution is -2.37. The highest BCUT2D eigenvalue weighted by Crippen LogP contribution is 2.39. The van der Waals surface area contributed by atoms with Crippen LogP contribution in [0.2, 0.25) is 0 Å². The summed E-state index contributed by atoms with van der Waals surface area (Å²) in [4.78, 5) is 38.4. The number of ether oxygens (including phenoxy) is 2. The molecule has 8 nitrogen and oxygen atoms in total. The van der Waals surface area contributed by atoms with Crippen LogP contribution in [0.5, 0.6) is 5.75 Å². The molecule has 0 bridgehead atoms. The number of methoxy groups -OCH3 is 1. The van der Waals surface area contributed by atoms with Gasteiger partial charge in [0.15, 0.2) is 11.9 Å². The lowest BCUT2D eigenvalue weighted by molar-refractivity contribution is -0.154. The van der Waals surface area contributed by atoms with E-state index in [0.29, 0.717) is 24.0 Å². The molecule has 1 heterocycles. The molecule has 1 aliphatic carbocycles. The summed E-state index contributed by atoms with van der Waals surface area (Å²) < 4.78 is 10.8. The normalized spacial score (nSPS) is 26.0. The maximum Gasteiger partial charge on any atom is 0.340 e. The third kappa shape index (κ3) is 6.57. The van der Waals surface area contributed by atoms with Crippen molar-refractivity contribution in [3.05, 3.63) is 69.3 Å². The Morgan fingerprint density at radius 2 is 1.95 bits per heavy atom. The maximum atomic E-state index is 13.7. The Labute approximate surface area is 230 Å². The highest BCUT2D eigenvalue weighted by atomic mass is 16.6. The third-order valence-corrected chi connectivity index (χ3v) is 7.58. The van der Waals surface area contributed by atoms with Crippen molar-refractivity contribution in [1.82, 2.24) is 5.32 Å². The second-order valence-corrected chi connectivity index (χ2v) is 10.2. The largest absolute Gasteiger partial charge is 0.508 e. The van der Waals surface area contributed by atoms with Crippen molar-refractivity contribution >= 4 is 23.2 Å². The second-order valence-electron chi connectivity index (χ2n) is 10.2. The van der Waals surface area contributed by atoms with E-state index in [0.717, 1.165) is 33.4 Å². The molecule has 3 rings (SSSR count). The summed E-state index contributed by atoms with van der Waals surface area (Å²) in [6.07, 6.45) is 4.15. The average Bonchev–Trinajstić information content (AvgIpc) is 2.91. The molecule has 1 aromatic rings. The molecule has 8 heteroatoms. The average molecular weight is 538 g/mol. The molecule has 0 radical (unpaired) electrons. The van der Waals surface area contributed by atoms with Gasteiger partial charge in [-0.25, -0.2) is 4.79 Å². The highest BCUT2D eigenvalue weighted by molar-refractivity contribution is 6.01. The number of ketones is 1. The fourth-order valence-corrected chi connectivity index (χ4v) is 5.19. The van der Waals surface area contributed by atoms with Crippen molar-refractivity contribution in [3.63, 3.8) is 0 Å². The van der Waals surface area contributed by atoms with Crippen LogP contribution in [-0.4, -0.2) is 60.8 Å². The summed E-state index contributed by atoms with van der Waals surface area (Å²) in [6.45, 7) is 9.15. The molecular formula is C31H39NO7. The summed E-state index contributed by atoms with van der Waals surface area (Å²) >= 11 is 0. The summed E-state index contributed by atoms with van der Waals surface area (Å²) in [5.74, 6) is -1.58. The number of aromatic hydroxyl groups is 1. The molecule has 0 spiro atoms. The van der Waals surface area contributed by atoms with Crippen LogP contribution in [0.4, 0.5) is 0 Å². The number of aliphatic hydroxyl groups excluding tert-OH is 1. The van der Waals surface area contributed by atoms with E-state index in [1.165, 1.54) is 7.11 Å². The number of hydrogen-bond acceptors (Lipinski definition) is 7. The minimum Gasteiger partial charge on any atom is -0.508 e. The number of carbonyl (C=O) groups is 3. The number of phenols is 1. The first-order chi connectivity index (χ1) is 18.5. The van der Waals surface area contributed by atoms with Gasteiger partial charge < -0.3 is 25.0 Å². The predicted molar refractivity (Wildman–Crippen MR) is 149 cm³/mol. The molecule has 2 aliphatic rings. The summed E-state index contributed by atoms with van der Waals surface area (Å²) in [6, 6.07) is 5.09. The van der Waals surface area contributed by atoms with Crippen LogP contribution < -0.4 is 5.32 Å². The molecule has 210 valence electrons. The third-order valence-electron chi connectivity index (χ3n) is 7.58. The van der Waals surface area contributed by atoms with Gasteiger partial charge in [-0.05, 0) is 78.2 Å². The Balaban J connectivity index is 2.39. The molecule has 0 saturated heterocycles. The minimum atomic E-state index is -1.01. The number of phenolic OH excluding ortho intramolecular Hbond substituents is 1. The fourth-order valence-electron chi connectivity index (χ4n) is 5.19. The van der Waals surface area contributed by atoms with Gasteiger partial charge >= 0.3 is 5.97 Å². The van der Waals surface area contributed by atoms with E-state index in [1.54, 1.807) is 12.1 Å². The number of rotatable bonds is 6. The summed E-state index contributed by atoms with van der Waals surface area (Å²) in [5.41, 5.74) is 6.06. The van der Waals surface area contributed by atoms with E-state index in [4.69, 9.17) is 9.47 Å². The van der Waals surface area contributed by atoms with Crippen molar-refractivity contribution in [2.24, 2.45) is 11.8 Å². The van der Waals surface area contributed by atoms with E-state index in [-0.39, 0.29) is 30.6 Å². The van der Waals surface area contributed by atoms with Crippen LogP contribution >= 0.6 is 0 Å². The lowest BCUT2D eigenvalue weighted by atomic mass is 9.76. The minimum absolute atomic E-state index is 0.0883. The van der Waals surface area contributed by atoms with Gasteiger partial charge in [0.05, 0.1) is 0 Å². The van der Waals surface area contributed by atoms with Gasteiger partial charge in [-0.2, -0.15) is 0 Å². The number of cyclic esters (lactones) is 1. The van der Waals surface area contributed by atoms with Crippen molar-refractivity contribution in [2.75, 3.05) is 26.9 Å². The molecule has 1 aliphatic heterocycles. The van der Waals surface area contributed by atoms with Crippen LogP contribution in [0.15, 0.2) is 58.2 Å². The number of allylic oxidation sites excluding steroid dienone is 4. The van der Waals surface area contributed by atoms with Gasteiger partial charge in [0.2, 0.25) is 5.91 Å². The Hall–Kier alpha value is -3.49. The lowest BCUT2D eigenvalue weighted by Gasteiger charge is -2.31. The zero-order chi connectivity index (χ0) is 28.9. The van der Waals surface area contributed by atoms with Crippen LogP contribution in [0.1, 0.15) is 51.7 Å². The Morgan fingerprint density at radius 1 is 1.23 bits per heavy atom. The number of carbonyl (C=O) groups excluding carboxylic acids is 3. The first-order valence-corrected chi connectivity index (χ1v) is 13.3. The molecule has 0 saturated carbocycles. The highest BCUT2D eigenvalue weighted by Gasteiger charge is 2.37. The SMILES string of the molecule is CC/C=C1C(\C)=C\C2=C(COC(=O)C2OC)C(=O)C(C)C(C)CC\1=C(/CNC(=O)CO)c1cc(O)ccc1C. The number of Topliss-reactive ketones (excluding diaryl/α,β-unsaturated/α-hetero) is 1. The van der Waals surface area contributed by atoms with E-state index in [9.17, 15) is 24.6 Å². The number of esters is 1. The van der Waals surface area contributed by atoms with Crippen molar-refractivity contribution in [2.45, 2.75) is 53.6 Å². The molecule has 3 unspecified atom stereocenters. The van der Waals surface area contributed by atoms with Crippen molar-refractivity contribution in [1.29, 1.82) is 0 Å². The van der Waals surface area contributed by atoms with E-state index >= 15 is 0 Å². The topological polar surface area (TPSA) is 122 Å². The number of aliphatic hydroxyl groups is 1. The fraction of sp³-hybridized carbons (Fsp3) is 0.452. The molecule has 3 atom stereocenters. The number of nitrogens with one attached hydrogen (secondary N) is 1. The molecule has 0 aromatic heterocycles. The smallest absolute Gasteiger partial charge is 0.340 e. The number of aryl methyl sites for hydroxylation is 1. The summed E-state index contributed by atoms with van der Waals surface area (Å²) in [7, 11) is 1.42.